The molecule has 0 aliphatic heterocycles. The Hall–Kier alpha value is -0.260. The van der Waals surface area contributed by atoms with Crippen molar-refractivity contribution in [2.75, 3.05) is 6.61 Å². The van der Waals surface area contributed by atoms with Gasteiger partial charge in [0.05, 0.1) is 6.61 Å². The average molecular weight is 447 g/mol. The maximum absolute atomic E-state index is 10.8. The molecule has 2 N–H and O–H groups in total. The molecule has 28 heavy (non-hydrogen) atoms. The van der Waals surface area contributed by atoms with E-state index in [9.17, 15) is 16.8 Å². The van der Waals surface area contributed by atoms with Crippen LogP contribution in [0.2, 0.25) is 0 Å². The minimum Gasteiger partial charge on any atom is -0.264 e. The van der Waals surface area contributed by atoms with Gasteiger partial charge in [-0.15, -0.1) is 0 Å². The molecule has 1 unspecified atom stereocenters. The lowest BCUT2D eigenvalue weighted by Gasteiger charge is -2.14. The Kier molecular flexibility index (Phi) is 16.4. The third-order valence-electron chi connectivity index (χ3n) is 4.54. The van der Waals surface area contributed by atoms with Gasteiger partial charge in [0, 0.05) is 0 Å². The summed E-state index contributed by atoms with van der Waals surface area (Å²) in [5.74, 6) is 0. The van der Waals surface area contributed by atoms with Crippen LogP contribution < -0.4 is 0 Å². The van der Waals surface area contributed by atoms with Crippen molar-refractivity contribution in [3.05, 3.63) is 0 Å². The van der Waals surface area contributed by atoms with Crippen LogP contribution in [0.5, 0.6) is 0 Å². The SMILES string of the molecule is CCCCCCCCCCCCCCCCC(COS(=O)(=O)O)OS(=O)(=O)O. The third-order valence-corrected chi connectivity index (χ3v) is 5.49. The molecule has 0 aromatic rings. The van der Waals surface area contributed by atoms with Crippen LogP contribution in [0.4, 0.5) is 0 Å². The Labute approximate surface area is 171 Å². The lowest BCUT2D eigenvalue weighted by atomic mass is 10.0. The van der Waals surface area contributed by atoms with Crippen molar-refractivity contribution >= 4 is 20.8 Å². The molecule has 1 atom stereocenters. The van der Waals surface area contributed by atoms with Crippen molar-refractivity contribution in [3.63, 3.8) is 0 Å². The van der Waals surface area contributed by atoms with E-state index in [2.05, 4.69) is 15.3 Å². The Bertz CT molecular complexity index is 560. The maximum atomic E-state index is 10.8. The van der Waals surface area contributed by atoms with Gasteiger partial charge in [-0.2, -0.15) is 16.8 Å². The third kappa shape index (κ3) is 22.0. The Morgan fingerprint density at radius 3 is 1.39 bits per heavy atom. The van der Waals surface area contributed by atoms with Crippen LogP contribution in [0.25, 0.3) is 0 Å². The maximum Gasteiger partial charge on any atom is 0.397 e. The zero-order valence-electron chi connectivity index (χ0n) is 17.1. The van der Waals surface area contributed by atoms with E-state index in [0.717, 1.165) is 19.3 Å². The van der Waals surface area contributed by atoms with Gasteiger partial charge in [0.2, 0.25) is 0 Å². The predicted octanol–water partition coefficient (Wildman–Crippen LogP) is 4.87. The van der Waals surface area contributed by atoms with Crippen molar-refractivity contribution in [3.8, 4) is 0 Å². The minimum atomic E-state index is -4.72. The Morgan fingerprint density at radius 1 is 0.643 bits per heavy atom. The predicted molar refractivity (Wildman–Crippen MR) is 109 cm³/mol. The van der Waals surface area contributed by atoms with Gasteiger partial charge >= 0.3 is 20.8 Å². The summed E-state index contributed by atoms with van der Waals surface area (Å²) in [6.07, 6.45) is 15.6. The van der Waals surface area contributed by atoms with Crippen molar-refractivity contribution in [2.45, 2.75) is 109 Å². The quantitative estimate of drug-likeness (QED) is 0.200. The fourth-order valence-electron chi connectivity index (χ4n) is 3.06. The molecule has 0 aromatic heterocycles. The second kappa shape index (κ2) is 16.5. The van der Waals surface area contributed by atoms with E-state index in [1.54, 1.807) is 0 Å². The first-order valence-corrected chi connectivity index (χ1v) is 13.1. The summed E-state index contributed by atoms with van der Waals surface area (Å²) < 4.78 is 68.5. The normalized spacial score (nSPS) is 13.7. The summed E-state index contributed by atoms with van der Waals surface area (Å²) in [5.41, 5.74) is 0. The molecule has 0 fully saturated rings. The van der Waals surface area contributed by atoms with Crippen LogP contribution in [0.1, 0.15) is 103 Å². The molecule has 10 heteroatoms. The molecular formula is C18H38O8S2. The molecule has 0 heterocycles. The first kappa shape index (κ1) is 27.7. The van der Waals surface area contributed by atoms with Gasteiger partial charge in [-0.05, 0) is 6.42 Å². The van der Waals surface area contributed by atoms with Gasteiger partial charge in [0.1, 0.15) is 6.10 Å². The molecule has 0 aliphatic rings. The van der Waals surface area contributed by atoms with E-state index in [-0.39, 0.29) is 6.42 Å². The summed E-state index contributed by atoms with van der Waals surface area (Å²) in [7, 11) is -9.41. The second-order valence-corrected chi connectivity index (χ2v) is 9.38. The zero-order valence-corrected chi connectivity index (χ0v) is 18.7. The highest BCUT2D eigenvalue weighted by Gasteiger charge is 2.20. The van der Waals surface area contributed by atoms with E-state index in [0.29, 0.717) is 6.42 Å². The van der Waals surface area contributed by atoms with E-state index in [1.165, 1.54) is 64.2 Å². The molecule has 0 saturated heterocycles. The molecule has 0 bridgehead atoms. The topological polar surface area (TPSA) is 127 Å². The molecule has 0 amide bonds. The highest BCUT2D eigenvalue weighted by molar-refractivity contribution is 7.81. The number of hydrogen-bond donors (Lipinski definition) is 2. The van der Waals surface area contributed by atoms with Crippen molar-refractivity contribution in [2.24, 2.45) is 0 Å². The van der Waals surface area contributed by atoms with Crippen LogP contribution >= 0.6 is 0 Å². The van der Waals surface area contributed by atoms with Crippen LogP contribution in [0, 0.1) is 0 Å². The van der Waals surface area contributed by atoms with Gasteiger partial charge < -0.3 is 0 Å². The molecule has 0 spiro atoms. The highest BCUT2D eigenvalue weighted by Crippen LogP contribution is 2.15. The zero-order chi connectivity index (χ0) is 21.3. The molecule has 0 rings (SSSR count). The van der Waals surface area contributed by atoms with Crippen LogP contribution in [-0.4, -0.2) is 38.7 Å². The first-order valence-electron chi connectivity index (χ1n) is 10.4. The number of hydrogen-bond acceptors (Lipinski definition) is 6. The summed E-state index contributed by atoms with van der Waals surface area (Å²) in [4.78, 5) is 0. The van der Waals surface area contributed by atoms with E-state index in [4.69, 9.17) is 9.11 Å². The van der Waals surface area contributed by atoms with Gasteiger partial charge in [-0.1, -0.05) is 96.8 Å². The Balaban J connectivity index is 3.66. The number of rotatable bonds is 20. The van der Waals surface area contributed by atoms with Gasteiger partial charge in [0.15, 0.2) is 0 Å². The summed E-state index contributed by atoms with van der Waals surface area (Å²) in [6, 6.07) is 0. The van der Waals surface area contributed by atoms with Crippen molar-refractivity contribution in [1.82, 2.24) is 0 Å². The van der Waals surface area contributed by atoms with Crippen molar-refractivity contribution < 1.29 is 34.3 Å². The smallest absolute Gasteiger partial charge is 0.264 e. The Morgan fingerprint density at radius 2 is 1.04 bits per heavy atom. The van der Waals surface area contributed by atoms with Gasteiger partial charge in [-0.25, -0.2) is 8.37 Å². The molecule has 0 saturated carbocycles. The number of unbranched alkanes of at least 4 members (excludes halogenated alkanes) is 13. The lowest BCUT2D eigenvalue weighted by molar-refractivity contribution is 0.106. The van der Waals surface area contributed by atoms with Crippen molar-refractivity contribution in [1.29, 1.82) is 0 Å². The van der Waals surface area contributed by atoms with Crippen LogP contribution in [0.3, 0.4) is 0 Å². The molecular weight excluding hydrogens is 408 g/mol. The van der Waals surface area contributed by atoms with Gasteiger partial charge in [0.25, 0.3) is 0 Å². The minimum absolute atomic E-state index is 0.202. The van der Waals surface area contributed by atoms with E-state index in [1.807, 2.05) is 0 Å². The average Bonchev–Trinajstić information content (AvgIpc) is 2.58. The van der Waals surface area contributed by atoms with Crippen LogP contribution in [-0.2, 0) is 29.2 Å². The molecule has 0 aromatic carbocycles. The fraction of sp³-hybridized carbons (Fsp3) is 1.00. The van der Waals surface area contributed by atoms with E-state index < -0.39 is 33.5 Å². The molecule has 8 nitrogen and oxygen atoms in total. The van der Waals surface area contributed by atoms with E-state index >= 15 is 0 Å². The van der Waals surface area contributed by atoms with Gasteiger partial charge in [-0.3, -0.25) is 9.11 Å². The highest BCUT2D eigenvalue weighted by atomic mass is 32.3. The monoisotopic (exact) mass is 446 g/mol. The standard InChI is InChI=1S/C18H38O8S2/c1-2-3-4-5-6-7-8-9-10-11-12-13-14-15-16-18(26-28(22,23)24)17-25-27(19,20)21/h18H,2-17H2,1H3,(H,19,20,21)(H,22,23,24). The largest absolute Gasteiger partial charge is 0.397 e. The summed E-state index contributed by atoms with van der Waals surface area (Å²) in [6.45, 7) is 1.56. The molecule has 170 valence electrons. The van der Waals surface area contributed by atoms with Crippen LogP contribution in [0.15, 0.2) is 0 Å². The fourth-order valence-corrected chi connectivity index (χ4v) is 3.88. The molecule has 0 radical (unpaired) electrons. The first-order chi connectivity index (χ1) is 13.1. The molecule has 0 aliphatic carbocycles. The summed E-state index contributed by atoms with van der Waals surface area (Å²) in [5, 5.41) is 0. The second-order valence-electron chi connectivity index (χ2n) is 7.24. The summed E-state index contributed by atoms with van der Waals surface area (Å²) >= 11 is 0. The lowest BCUT2D eigenvalue weighted by Crippen LogP contribution is -2.25.